The number of pyridine rings is 1. The Balaban J connectivity index is 1.25. The molecule has 1 aliphatic heterocycles. The molecule has 3 heterocycles. The summed E-state index contributed by atoms with van der Waals surface area (Å²) >= 11 is 0. The van der Waals surface area contributed by atoms with E-state index in [-0.39, 0.29) is 23.7 Å². The molecule has 0 unspecified atom stereocenters. The number of aromatic nitrogens is 2. The van der Waals surface area contributed by atoms with E-state index in [0.717, 1.165) is 85.6 Å². The van der Waals surface area contributed by atoms with Crippen LogP contribution in [0.3, 0.4) is 0 Å². The predicted molar refractivity (Wildman–Crippen MR) is 155 cm³/mol. The number of hydrogen-bond acceptors (Lipinski definition) is 4. The minimum Gasteiger partial charge on any atom is -0.381 e. The van der Waals surface area contributed by atoms with Crippen LogP contribution in [0.2, 0.25) is 0 Å². The Bertz CT molecular complexity index is 1490. The lowest BCUT2D eigenvalue weighted by Gasteiger charge is -2.38. The number of nitrogens with zero attached hydrogens (tertiary/aromatic N) is 4. The van der Waals surface area contributed by atoms with E-state index in [1.165, 1.54) is 17.7 Å². The number of rotatable bonds is 6. The Morgan fingerprint density at radius 2 is 1.75 bits per heavy atom. The van der Waals surface area contributed by atoms with Crippen molar-refractivity contribution >= 4 is 11.6 Å². The number of carbonyl (C=O) groups excluding carboxylic acids is 1. The Labute approximate surface area is 235 Å². The molecule has 1 aliphatic carbocycles. The van der Waals surface area contributed by atoms with Crippen LogP contribution in [-0.2, 0) is 16.1 Å². The van der Waals surface area contributed by atoms with Gasteiger partial charge in [-0.15, -0.1) is 0 Å². The van der Waals surface area contributed by atoms with E-state index in [9.17, 15) is 9.18 Å². The molecule has 0 bridgehead atoms. The molecule has 2 fully saturated rings. The molecule has 0 radical (unpaired) electrons. The van der Waals surface area contributed by atoms with Crippen LogP contribution in [0.25, 0.3) is 28.0 Å². The molecular weight excluding hydrogens is 503 g/mol. The SMILES string of the molecule is CO[C@@H]1CCC[C@@H](C(=O)N2CCN(Cc3c(-c4ccc(F)cc4)nc4ccc(-c5cccc(C)c5)cn34)CC2)C1. The van der Waals surface area contributed by atoms with Crippen LogP contribution in [0.5, 0.6) is 0 Å². The highest BCUT2D eigenvalue weighted by molar-refractivity contribution is 5.79. The van der Waals surface area contributed by atoms with E-state index in [1.807, 2.05) is 4.90 Å². The van der Waals surface area contributed by atoms with Gasteiger partial charge < -0.3 is 14.0 Å². The average molecular weight is 541 g/mol. The van der Waals surface area contributed by atoms with Crippen molar-refractivity contribution < 1.29 is 13.9 Å². The molecule has 1 amide bonds. The molecule has 6 nitrogen and oxygen atoms in total. The molecule has 7 heteroatoms. The normalized spacial score (nSPS) is 20.2. The fourth-order valence-corrected chi connectivity index (χ4v) is 6.26. The highest BCUT2D eigenvalue weighted by atomic mass is 19.1. The number of imidazole rings is 1. The van der Waals surface area contributed by atoms with Crippen molar-refractivity contribution in [3.8, 4) is 22.4 Å². The van der Waals surface area contributed by atoms with Crippen LogP contribution in [0.1, 0.15) is 36.9 Å². The van der Waals surface area contributed by atoms with Crippen LogP contribution in [-0.4, -0.2) is 64.5 Å². The fraction of sp³-hybridized carbons (Fsp3) is 0.394. The first kappa shape index (κ1) is 26.7. The van der Waals surface area contributed by atoms with Crippen molar-refractivity contribution in [2.75, 3.05) is 33.3 Å². The lowest BCUT2D eigenvalue weighted by atomic mass is 9.86. The zero-order valence-electron chi connectivity index (χ0n) is 23.4. The standard InChI is InChI=1S/C33H37FN4O2/c1-23-5-3-6-25(19-23)27-11-14-31-35-32(24-9-12-28(34)13-10-24)30(38(31)21-27)22-36-15-17-37(18-16-36)33(39)26-7-4-8-29(20-26)40-2/h3,5-6,9-14,19,21,26,29H,4,7-8,15-18,20,22H2,1-2H3/t26-,29-/m1/s1. The van der Waals surface area contributed by atoms with Crippen molar-refractivity contribution in [1.82, 2.24) is 19.2 Å². The number of ether oxygens (including phenoxy) is 1. The summed E-state index contributed by atoms with van der Waals surface area (Å²) in [4.78, 5) is 22.7. The summed E-state index contributed by atoms with van der Waals surface area (Å²) in [6.07, 6.45) is 6.27. The Morgan fingerprint density at radius 3 is 2.50 bits per heavy atom. The second-order valence-electron chi connectivity index (χ2n) is 11.3. The summed E-state index contributed by atoms with van der Waals surface area (Å²) in [5, 5.41) is 0. The van der Waals surface area contributed by atoms with Crippen LogP contribution in [0.15, 0.2) is 66.9 Å². The van der Waals surface area contributed by atoms with Gasteiger partial charge in [-0.1, -0.05) is 36.2 Å². The number of halogens is 1. The van der Waals surface area contributed by atoms with E-state index in [4.69, 9.17) is 9.72 Å². The number of amides is 1. The van der Waals surface area contributed by atoms with E-state index in [1.54, 1.807) is 19.2 Å². The van der Waals surface area contributed by atoms with Crippen LogP contribution in [0.4, 0.5) is 4.39 Å². The number of hydrogen-bond donors (Lipinski definition) is 0. The summed E-state index contributed by atoms with van der Waals surface area (Å²) < 4.78 is 21.5. The molecule has 208 valence electrons. The van der Waals surface area contributed by atoms with Gasteiger partial charge in [0.2, 0.25) is 5.91 Å². The first-order chi connectivity index (χ1) is 19.5. The lowest BCUT2D eigenvalue weighted by molar-refractivity contribution is -0.140. The number of carbonyl (C=O) groups is 1. The molecule has 40 heavy (non-hydrogen) atoms. The largest absolute Gasteiger partial charge is 0.381 e. The number of fused-ring (bicyclic) bond motifs is 1. The Kier molecular flexibility index (Phi) is 7.67. The molecule has 2 atom stereocenters. The number of methoxy groups -OCH3 is 1. The lowest BCUT2D eigenvalue weighted by Crippen LogP contribution is -2.50. The van der Waals surface area contributed by atoms with Crippen molar-refractivity contribution in [2.24, 2.45) is 5.92 Å². The molecule has 2 aliphatic rings. The van der Waals surface area contributed by atoms with E-state index in [2.05, 4.69) is 58.8 Å². The van der Waals surface area contributed by atoms with Gasteiger partial charge in [0.05, 0.1) is 17.5 Å². The molecule has 1 saturated carbocycles. The zero-order chi connectivity index (χ0) is 27.6. The quantitative estimate of drug-likeness (QED) is 0.303. The van der Waals surface area contributed by atoms with E-state index < -0.39 is 0 Å². The Hall–Kier alpha value is -3.55. The minimum absolute atomic E-state index is 0.0779. The van der Waals surface area contributed by atoms with Crippen molar-refractivity contribution in [3.05, 3.63) is 83.9 Å². The third-order valence-electron chi connectivity index (χ3n) is 8.55. The summed E-state index contributed by atoms with van der Waals surface area (Å²) in [7, 11) is 1.75. The van der Waals surface area contributed by atoms with Crippen LogP contribution < -0.4 is 0 Å². The second kappa shape index (κ2) is 11.5. The first-order valence-corrected chi connectivity index (χ1v) is 14.4. The summed E-state index contributed by atoms with van der Waals surface area (Å²) in [6, 6.07) is 19.3. The highest BCUT2D eigenvalue weighted by Crippen LogP contribution is 2.30. The summed E-state index contributed by atoms with van der Waals surface area (Å²) in [5.74, 6) is 0.103. The summed E-state index contributed by atoms with van der Waals surface area (Å²) in [6.45, 7) is 5.86. The third kappa shape index (κ3) is 5.54. The highest BCUT2D eigenvalue weighted by Gasteiger charge is 2.32. The molecule has 0 spiro atoms. The predicted octanol–water partition coefficient (Wildman–Crippen LogP) is 5.97. The molecule has 2 aromatic carbocycles. The second-order valence-corrected chi connectivity index (χ2v) is 11.3. The fourth-order valence-electron chi connectivity index (χ4n) is 6.26. The molecule has 6 rings (SSSR count). The van der Waals surface area contributed by atoms with Gasteiger partial charge in [-0.3, -0.25) is 9.69 Å². The maximum atomic E-state index is 13.8. The molecular formula is C33H37FN4O2. The number of piperazine rings is 1. The molecule has 0 N–H and O–H groups in total. The Morgan fingerprint density at radius 1 is 0.975 bits per heavy atom. The number of benzene rings is 2. The topological polar surface area (TPSA) is 50.1 Å². The van der Waals surface area contributed by atoms with Gasteiger partial charge in [-0.2, -0.15) is 0 Å². The maximum absolute atomic E-state index is 13.8. The third-order valence-corrected chi connectivity index (χ3v) is 8.55. The van der Waals surface area contributed by atoms with Crippen molar-refractivity contribution in [2.45, 2.75) is 45.3 Å². The maximum Gasteiger partial charge on any atom is 0.225 e. The molecule has 4 aromatic rings. The van der Waals surface area contributed by atoms with Gasteiger partial charge in [-0.05, 0) is 73.7 Å². The zero-order valence-corrected chi connectivity index (χ0v) is 23.4. The first-order valence-electron chi connectivity index (χ1n) is 14.4. The average Bonchev–Trinajstić information content (AvgIpc) is 3.35. The van der Waals surface area contributed by atoms with Crippen molar-refractivity contribution in [3.63, 3.8) is 0 Å². The monoisotopic (exact) mass is 540 g/mol. The van der Waals surface area contributed by atoms with Gasteiger partial charge in [-0.25, -0.2) is 9.37 Å². The molecule has 1 saturated heterocycles. The van der Waals surface area contributed by atoms with Crippen molar-refractivity contribution in [1.29, 1.82) is 0 Å². The van der Waals surface area contributed by atoms with Gasteiger partial charge >= 0.3 is 0 Å². The van der Waals surface area contributed by atoms with Gasteiger partial charge in [0.15, 0.2) is 0 Å². The summed E-state index contributed by atoms with van der Waals surface area (Å²) in [5.41, 5.74) is 7.21. The number of aryl methyl sites for hydroxylation is 1. The minimum atomic E-state index is -0.258. The van der Waals surface area contributed by atoms with E-state index in [0.29, 0.717) is 6.54 Å². The van der Waals surface area contributed by atoms with Crippen LogP contribution >= 0.6 is 0 Å². The van der Waals surface area contributed by atoms with Crippen LogP contribution in [0, 0.1) is 18.7 Å². The van der Waals surface area contributed by atoms with Gasteiger partial charge in [0.1, 0.15) is 11.5 Å². The van der Waals surface area contributed by atoms with Gasteiger partial charge in [0.25, 0.3) is 0 Å². The van der Waals surface area contributed by atoms with E-state index >= 15 is 0 Å². The van der Waals surface area contributed by atoms with Gasteiger partial charge in [0, 0.05) is 57.5 Å². The smallest absolute Gasteiger partial charge is 0.225 e. The molecule has 2 aromatic heterocycles.